The second-order valence-electron chi connectivity index (χ2n) is 3.88. The molecule has 0 amide bonds. The molecule has 0 heterocycles. The quantitative estimate of drug-likeness (QED) is 0.466. The van der Waals surface area contributed by atoms with E-state index in [0.29, 0.717) is 6.42 Å². The van der Waals surface area contributed by atoms with Crippen molar-refractivity contribution in [3.63, 3.8) is 0 Å². The van der Waals surface area contributed by atoms with Gasteiger partial charge < -0.3 is 0 Å². The summed E-state index contributed by atoms with van der Waals surface area (Å²) in [5.74, 6) is 5.92. The summed E-state index contributed by atoms with van der Waals surface area (Å²) in [5.41, 5.74) is 2.75. The van der Waals surface area contributed by atoms with Gasteiger partial charge in [0.2, 0.25) is 0 Å². The molecule has 0 spiro atoms. The van der Waals surface area contributed by atoms with Gasteiger partial charge in [0.05, 0.1) is 5.75 Å². The van der Waals surface area contributed by atoms with Crippen LogP contribution in [0.25, 0.3) is 0 Å². The van der Waals surface area contributed by atoms with Gasteiger partial charge in [-0.25, -0.2) is 8.42 Å². The summed E-state index contributed by atoms with van der Waals surface area (Å²) in [5, 5.41) is 0. The first-order valence-electron chi connectivity index (χ1n) is 5.72. The third kappa shape index (κ3) is 7.76. The summed E-state index contributed by atoms with van der Waals surface area (Å²) >= 11 is 0. The number of unbranched alkanes of at least 4 members (excludes halogenated alkanes) is 1. The van der Waals surface area contributed by atoms with Crippen LogP contribution in [0, 0.1) is 0 Å². The fourth-order valence-electron chi connectivity index (χ4n) is 1.46. The van der Waals surface area contributed by atoms with Crippen molar-refractivity contribution in [3.8, 4) is 0 Å². The van der Waals surface area contributed by atoms with Crippen molar-refractivity contribution in [1.82, 2.24) is 5.43 Å². The van der Waals surface area contributed by atoms with E-state index in [9.17, 15) is 8.42 Å². The van der Waals surface area contributed by atoms with E-state index in [1.54, 1.807) is 6.92 Å². The van der Waals surface area contributed by atoms with Crippen molar-refractivity contribution in [1.29, 1.82) is 0 Å². The van der Waals surface area contributed by atoms with E-state index >= 15 is 0 Å². The molecule has 0 bridgehead atoms. The predicted molar refractivity (Wildman–Crippen MR) is 64.2 cm³/mol. The Kier molecular flexibility index (Phi) is 8.00. The zero-order valence-electron chi connectivity index (χ0n) is 9.83. The number of rotatable bonds is 9. The van der Waals surface area contributed by atoms with E-state index in [-0.39, 0.29) is 17.5 Å². The second-order valence-corrected chi connectivity index (χ2v) is 6.36. The molecule has 0 aliphatic carbocycles. The monoisotopic (exact) mass is 236 g/mol. The number of hydrogen-bond donors (Lipinski definition) is 2. The number of nitrogens with two attached hydrogens (primary N) is 1. The van der Waals surface area contributed by atoms with E-state index < -0.39 is 9.84 Å². The number of nitrogens with one attached hydrogen (secondary N) is 1. The molecule has 0 aromatic rings. The van der Waals surface area contributed by atoms with Gasteiger partial charge in [-0.15, -0.1) is 0 Å². The number of hydrogen-bond acceptors (Lipinski definition) is 4. The van der Waals surface area contributed by atoms with Crippen LogP contribution in [-0.4, -0.2) is 26.0 Å². The highest BCUT2D eigenvalue weighted by atomic mass is 32.2. The fraction of sp³-hybridized carbons (Fsp3) is 1.00. The zero-order valence-corrected chi connectivity index (χ0v) is 10.6. The summed E-state index contributed by atoms with van der Waals surface area (Å²) in [7, 11) is -2.81. The van der Waals surface area contributed by atoms with Crippen molar-refractivity contribution < 1.29 is 8.42 Å². The van der Waals surface area contributed by atoms with Crippen molar-refractivity contribution in [2.45, 2.75) is 52.0 Å². The smallest absolute Gasteiger partial charge is 0.150 e. The molecule has 92 valence electrons. The molecule has 15 heavy (non-hydrogen) atoms. The molecule has 4 nitrogen and oxygen atoms in total. The molecule has 0 aliphatic heterocycles. The van der Waals surface area contributed by atoms with E-state index in [4.69, 9.17) is 5.84 Å². The highest BCUT2D eigenvalue weighted by molar-refractivity contribution is 7.91. The molecule has 0 aromatic heterocycles. The van der Waals surface area contributed by atoms with Gasteiger partial charge in [0.15, 0.2) is 0 Å². The Morgan fingerprint density at radius 3 is 2.27 bits per heavy atom. The van der Waals surface area contributed by atoms with Crippen molar-refractivity contribution in [3.05, 3.63) is 0 Å². The van der Waals surface area contributed by atoms with Crippen LogP contribution in [0.1, 0.15) is 46.0 Å². The SMILES string of the molecule is CCCCC(CCCS(=O)(=O)CC)NN. The molecule has 1 unspecified atom stereocenters. The van der Waals surface area contributed by atoms with Crippen molar-refractivity contribution in [2.75, 3.05) is 11.5 Å². The second kappa shape index (κ2) is 8.07. The van der Waals surface area contributed by atoms with Crippen molar-refractivity contribution >= 4 is 9.84 Å². The highest BCUT2D eigenvalue weighted by Gasteiger charge is 2.10. The maximum atomic E-state index is 11.2. The number of hydrazine groups is 1. The minimum atomic E-state index is -2.81. The summed E-state index contributed by atoms with van der Waals surface area (Å²) in [4.78, 5) is 0. The highest BCUT2D eigenvalue weighted by Crippen LogP contribution is 2.07. The molecule has 0 radical (unpaired) electrons. The summed E-state index contributed by atoms with van der Waals surface area (Å²) in [6, 6.07) is 0.261. The van der Waals surface area contributed by atoms with Gasteiger partial charge in [0.25, 0.3) is 0 Å². The molecule has 0 saturated carbocycles. The van der Waals surface area contributed by atoms with Gasteiger partial charge in [-0.2, -0.15) is 0 Å². The minimum Gasteiger partial charge on any atom is -0.271 e. The lowest BCUT2D eigenvalue weighted by Crippen LogP contribution is -2.35. The summed E-state index contributed by atoms with van der Waals surface area (Å²) < 4.78 is 22.5. The van der Waals surface area contributed by atoms with Crippen LogP contribution in [0.5, 0.6) is 0 Å². The van der Waals surface area contributed by atoms with Crippen molar-refractivity contribution in [2.24, 2.45) is 5.84 Å². The first-order valence-corrected chi connectivity index (χ1v) is 7.54. The Morgan fingerprint density at radius 1 is 1.20 bits per heavy atom. The lowest BCUT2D eigenvalue weighted by atomic mass is 10.1. The fourth-order valence-corrected chi connectivity index (χ4v) is 2.35. The van der Waals surface area contributed by atoms with Gasteiger partial charge in [-0.05, 0) is 19.3 Å². The molecule has 1 atom stereocenters. The molecule has 3 N–H and O–H groups in total. The molecular formula is C10H24N2O2S. The average molecular weight is 236 g/mol. The van der Waals surface area contributed by atoms with E-state index in [2.05, 4.69) is 12.3 Å². The first kappa shape index (κ1) is 14.9. The summed E-state index contributed by atoms with van der Waals surface area (Å²) in [6.07, 6.45) is 4.85. The molecular weight excluding hydrogens is 212 g/mol. The van der Waals surface area contributed by atoms with Gasteiger partial charge in [-0.3, -0.25) is 11.3 Å². The Hall–Kier alpha value is -0.130. The third-order valence-corrected chi connectivity index (χ3v) is 4.38. The Bertz CT molecular complexity index is 240. The molecule has 0 aliphatic rings. The lowest BCUT2D eigenvalue weighted by Gasteiger charge is -2.14. The minimum absolute atomic E-state index is 0.239. The average Bonchev–Trinajstić information content (AvgIpc) is 2.23. The predicted octanol–water partition coefficient (Wildman–Crippen LogP) is 1.22. The molecule has 0 saturated heterocycles. The van der Waals surface area contributed by atoms with Gasteiger partial charge in [0, 0.05) is 11.8 Å². The lowest BCUT2D eigenvalue weighted by molar-refractivity contribution is 0.444. The summed E-state index contributed by atoms with van der Waals surface area (Å²) in [6.45, 7) is 3.82. The number of sulfone groups is 1. The largest absolute Gasteiger partial charge is 0.271 e. The van der Waals surface area contributed by atoms with Gasteiger partial charge in [0.1, 0.15) is 9.84 Å². The Labute approximate surface area is 93.5 Å². The van der Waals surface area contributed by atoms with E-state index in [1.807, 2.05) is 0 Å². The third-order valence-electron chi connectivity index (χ3n) is 2.59. The van der Waals surface area contributed by atoms with Crippen LogP contribution in [0.4, 0.5) is 0 Å². The van der Waals surface area contributed by atoms with E-state index in [1.165, 1.54) is 0 Å². The molecule has 0 fully saturated rings. The molecule has 0 aromatic carbocycles. The maximum Gasteiger partial charge on any atom is 0.150 e. The Morgan fingerprint density at radius 2 is 1.80 bits per heavy atom. The normalized spacial score (nSPS) is 14.1. The van der Waals surface area contributed by atoms with Crippen LogP contribution >= 0.6 is 0 Å². The Balaban J connectivity index is 3.72. The van der Waals surface area contributed by atoms with Crippen LogP contribution in [0.3, 0.4) is 0 Å². The van der Waals surface area contributed by atoms with Crippen LogP contribution in [0.2, 0.25) is 0 Å². The van der Waals surface area contributed by atoms with E-state index in [0.717, 1.165) is 25.7 Å². The van der Waals surface area contributed by atoms with Crippen LogP contribution < -0.4 is 11.3 Å². The van der Waals surface area contributed by atoms with Crippen LogP contribution in [0.15, 0.2) is 0 Å². The zero-order chi connectivity index (χ0) is 11.7. The van der Waals surface area contributed by atoms with Gasteiger partial charge >= 0.3 is 0 Å². The molecule has 5 heteroatoms. The van der Waals surface area contributed by atoms with Gasteiger partial charge in [-0.1, -0.05) is 26.7 Å². The first-order chi connectivity index (χ1) is 7.05. The standard InChI is InChI=1S/C10H24N2O2S/c1-3-5-7-10(12-11)8-6-9-15(13,14)4-2/h10,12H,3-9,11H2,1-2H3. The topological polar surface area (TPSA) is 72.2 Å². The maximum absolute atomic E-state index is 11.2. The molecule has 0 rings (SSSR count). The van der Waals surface area contributed by atoms with Crippen LogP contribution in [-0.2, 0) is 9.84 Å².